The molecule has 64 valence electrons. The van der Waals surface area contributed by atoms with Gasteiger partial charge in [-0.15, -0.1) is 0 Å². The monoisotopic (exact) mass is 230 g/mol. The third-order valence-electron chi connectivity index (χ3n) is 1.32. The van der Waals surface area contributed by atoms with E-state index in [-0.39, 0.29) is 6.42 Å². The molecule has 0 saturated heterocycles. The van der Waals surface area contributed by atoms with E-state index in [2.05, 4.69) is 20.9 Å². The van der Waals surface area contributed by atoms with Crippen LogP contribution in [-0.2, 0) is 11.2 Å². The van der Waals surface area contributed by atoms with Crippen molar-refractivity contribution in [2.24, 2.45) is 0 Å². The Kier molecular flexibility index (Phi) is 2.65. The molecule has 0 unspecified atom stereocenters. The number of nitrogens with two attached hydrogens (primary N) is 1. The summed E-state index contributed by atoms with van der Waals surface area (Å²) in [6, 6.07) is 0. The smallest absolute Gasteiger partial charge is 0.307 e. The van der Waals surface area contributed by atoms with Crippen molar-refractivity contribution in [2.75, 3.05) is 5.73 Å². The van der Waals surface area contributed by atoms with E-state index in [9.17, 15) is 4.79 Å². The number of aliphatic carboxylic acids is 1. The highest BCUT2D eigenvalue weighted by molar-refractivity contribution is 9.10. The first-order valence-corrected chi connectivity index (χ1v) is 4.00. The number of aromatic nitrogens is 1. The predicted molar refractivity (Wildman–Crippen MR) is 47.7 cm³/mol. The summed E-state index contributed by atoms with van der Waals surface area (Å²) in [4.78, 5) is 14.1. The first-order valence-electron chi connectivity index (χ1n) is 3.21. The molecule has 0 fully saturated rings. The van der Waals surface area contributed by atoms with Crippen LogP contribution in [0.1, 0.15) is 5.56 Å². The molecule has 4 nitrogen and oxygen atoms in total. The number of carboxylic acids is 1. The molecule has 1 heterocycles. The Morgan fingerprint density at radius 2 is 2.33 bits per heavy atom. The van der Waals surface area contributed by atoms with Gasteiger partial charge in [-0.2, -0.15) is 0 Å². The van der Waals surface area contributed by atoms with Crippen molar-refractivity contribution in [1.82, 2.24) is 4.98 Å². The molecule has 1 aromatic rings. The Hall–Kier alpha value is -1.10. The number of pyridine rings is 1. The van der Waals surface area contributed by atoms with Gasteiger partial charge >= 0.3 is 5.97 Å². The quantitative estimate of drug-likeness (QED) is 0.797. The van der Waals surface area contributed by atoms with Gasteiger partial charge in [0.2, 0.25) is 0 Å². The number of hydrogen-bond donors (Lipinski definition) is 2. The Morgan fingerprint density at radius 1 is 1.67 bits per heavy atom. The van der Waals surface area contributed by atoms with Crippen LogP contribution in [0, 0.1) is 0 Å². The standard InChI is InChI=1S/C7H7BrN2O2/c8-7-4(1-6(11)12)2-10-3-5(7)9/h2-3H,1,9H2,(H,11,12). The minimum Gasteiger partial charge on any atom is -0.481 e. The Balaban J connectivity index is 3.00. The maximum atomic E-state index is 10.3. The third-order valence-corrected chi connectivity index (χ3v) is 2.29. The molecular formula is C7H7BrN2O2. The van der Waals surface area contributed by atoms with Crippen LogP contribution in [0.3, 0.4) is 0 Å². The molecule has 0 aliphatic heterocycles. The Labute approximate surface area is 77.5 Å². The van der Waals surface area contributed by atoms with Crippen LogP contribution in [0.15, 0.2) is 16.9 Å². The van der Waals surface area contributed by atoms with Crippen molar-refractivity contribution in [3.05, 3.63) is 22.4 Å². The van der Waals surface area contributed by atoms with Crippen LogP contribution in [0.25, 0.3) is 0 Å². The summed E-state index contributed by atoms with van der Waals surface area (Å²) in [6.07, 6.45) is 2.88. The molecule has 0 aromatic carbocycles. The summed E-state index contributed by atoms with van der Waals surface area (Å²) in [5.41, 5.74) is 6.53. The van der Waals surface area contributed by atoms with E-state index >= 15 is 0 Å². The fourth-order valence-electron chi connectivity index (χ4n) is 0.792. The lowest BCUT2D eigenvalue weighted by Gasteiger charge is -2.02. The maximum absolute atomic E-state index is 10.3. The van der Waals surface area contributed by atoms with Crippen molar-refractivity contribution < 1.29 is 9.90 Å². The first kappa shape index (κ1) is 8.99. The van der Waals surface area contributed by atoms with Crippen LogP contribution in [-0.4, -0.2) is 16.1 Å². The highest BCUT2D eigenvalue weighted by Gasteiger charge is 2.07. The average molecular weight is 231 g/mol. The summed E-state index contributed by atoms with van der Waals surface area (Å²) in [6.45, 7) is 0. The molecule has 5 heteroatoms. The highest BCUT2D eigenvalue weighted by Crippen LogP contribution is 2.22. The molecule has 3 N–H and O–H groups in total. The van der Waals surface area contributed by atoms with Crippen molar-refractivity contribution in [3.8, 4) is 0 Å². The van der Waals surface area contributed by atoms with Gasteiger partial charge in [0.1, 0.15) is 0 Å². The van der Waals surface area contributed by atoms with Crippen molar-refractivity contribution >= 4 is 27.6 Å². The Bertz CT molecular complexity index is 314. The van der Waals surface area contributed by atoms with Gasteiger partial charge in [0, 0.05) is 10.7 Å². The van der Waals surface area contributed by atoms with Gasteiger partial charge in [-0.1, -0.05) is 0 Å². The van der Waals surface area contributed by atoms with Crippen molar-refractivity contribution in [2.45, 2.75) is 6.42 Å². The number of halogens is 1. The van der Waals surface area contributed by atoms with Crippen LogP contribution in [0.5, 0.6) is 0 Å². The van der Waals surface area contributed by atoms with E-state index in [1.165, 1.54) is 12.4 Å². The molecule has 1 aromatic heterocycles. The lowest BCUT2D eigenvalue weighted by Crippen LogP contribution is -2.02. The summed E-state index contributed by atoms with van der Waals surface area (Å²) in [5, 5.41) is 8.49. The fraction of sp³-hybridized carbons (Fsp3) is 0.143. The lowest BCUT2D eigenvalue weighted by molar-refractivity contribution is -0.136. The maximum Gasteiger partial charge on any atom is 0.307 e. The van der Waals surface area contributed by atoms with Crippen LogP contribution in [0.2, 0.25) is 0 Å². The highest BCUT2D eigenvalue weighted by atomic mass is 79.9. The van der Waals surface area contributed by atoms with E-state index in [1.807, 2.05) is 0 Å². The van der Waals surface area contributed by atoms with Crippen molar-refractivity contribution in [3.63, 3.8) is 0 Å². The molecular weight excluding hydrogens is 224 g/mol. The lowest BCUT2D eigenvalue weighted by atomic mass is 10.2. The third kappa shape index (κ3) is 1.94. The number of nitrogens with zero attached hydrogens (tertiary/aromatic N) is 1. The largest absolute Gasteiger partial charge is 0.481 e. The molecule has 0 bridgehead atoms. The van der Waals surface area contributed by atoms with Crippen LogP contribution < -0.4 is 5.73 Å². The van der Waals surface area contributed by atoms with Gasteiger partial charge in [0.05, 0.1) is 18.3 Å². The van der Waals surface area contributed by atoms with Gasteiger partial charge < -0.3 is 10.8 Å². The number of rotatable bonds is 2. The summed E-state index contributed by atoms with van der Waals surface area (Å²) in [5.74, 6) is -0.900. The molecule has 0 spiro atoms. The molecule has 0 aliphatic carbocycles. The summed E-state index contributed by atoms with van der Waals surface area (Å²) in [7, 11) is 0. The number of anilines is 1. The summed E-state index contributed by atoms with van der Waals surface area (Å²) >= 11 is 3.18. The SMILES string of the molecule is Nc1cncc(CC(=O)O)c1Br. The molecule has 12 heavy (non-hydrogen) atoms. The van der Waals surface area contributed by atoms with E-state index in [0.29, 0.717) is 15.7 Å². The van der Waals surface area contributed by atoms with Gasteiger partial charge in [0.25, 0.3) is 0 Å². The zero-order valence-electron chi connectivity index (χ0n) is 6.12. The number of hydrogen-bond acceptors (Lipinski definition) is 3. The van der Waals surface area contributed by atoms with E-state index in [0.717, 1.165) is 0 Å². The number of carbonyl (C=O) groups is 1. The van der Waals surface area contributed by atoms with E-state index < -0.39 is 5.97 Å². The average Bonchev–Trinajstić information content (AvgIpc) is 1.98. The van der Waals surface area contributed by atoms with Crippen LogP contribution in [0.4, 0.5) is 5.69 Å². The fourth-order valence-corrected chi connectivity index (χ4v) is 1.14. The first-order chi connectivity index (χ1) is 5.61. The topological polar surface area (TPSA) is 76.2 Å². The van der Waals surface area contributed by atoms with Gasteiger partial charge in [0.15, 0.2) is 0 Å². The zero-order chi connectivity index (χ0) is 9.14. The van der Waals surface area contributed by atoms with Crippen LogP contribution >= 0.6 is 15.9 Å². The van der Waals surface area contributed by atoms with Crippen molar-refractivity contribution in [1.29, 1.82) is 0 Å². The normalized spacial score (nSPS) is 9.75. The Morgan fingerprint density at radius 3 is 2.92 bits per heavy atom. The minimum absolute atomic E-state index is 0.0708. The molecule has 1 rings (SSSR count). The van der Waals surface area contributed by atoms with E-state index in [4.69, 9.17) is 10.8 Å². The summed E-state index contributed by atoms with van der Waals surface area (Å²) < 4.78 is 0.611. The predicted octanol–water partition coefficient (Wildman–Crippen LogP) is 1.05. The second-order valence-corrected chi connectivity index (χ2v) is 3.07. The number of nitrogen functional groups attached to an aromatic ring is 1. The van der Waals surface area contributed by atoms with Gasteiger partial charge in [-0.25, -0.2) is 0 Å². The molecule has 0 amide bonds. The molecule has 0 aliphatic rings. The molecule has 0 atom stereocenters. The van der Waals surface area contributed by atoms with Gasteiger partial charge in [-0.05, 0) is 21.5 Å². The van der Waals surface area contributed by atoms with E-state index in [1.54, 1.807) is 0 Å². The molecule has 0 saturated carbocycles. The minimum atomic E-state index is -0.900. The number of carboxylic acid groups (broad SMARTS) is 1. The second kappa shape index (κ2) is 3.53. The molecule has 0 radical (unpaired) electrons. The second-order valence-electron chi connectivity index (χ2n) is 2.27. The van der Waals surface area contributed by atoms with Gasteiger partial charge in [-0.3, -0.25) is 9.78 Å². The zero-order valence-corrected chi connectivity index (χ0v) is 7.71.